The number of thiophene rings is 1. The van der Waals surface area contributed by atoms with Crippen molar-refractivity contribution in [2.24, 2.45) is 7.05 Å². The lowest BCUT2D eigenvalue weighted by Gasteiger charge is -2.22. The van der Waals surface area contributed by atoms with Crippen molar-refractivity contribution >= 4 is 27.5 Å². The largest absolute Gasteiger partial charge is 0.416 e. The van der Waals surface area contributed by atoms with Crippen molar-refractivity contribution in [1.29, 1.82) is 0 Å². The van der Waals surface area contributed by atoms with Crippen molar-refractivity contribution in [2.75, 3.05) is 0 Å². The van der Waals surface area contributed by atoms with Gasteiger partial charge in [0, 0.05) is 25.0 Å². The lowest BCUT2D eigenvalue weighted by molar-refractivity contribution is -0.137. The van der Waals surface area contributed by atoms with Crippen molar-refractivity contribution in [1.82, 2.24) is 14.7 Å². The number of halogens is 3. The number of hydrogen-bond donors (Lipinski definition) is 0. The summed E-state index contributed by atoms with van der Waals surface area (Å²) in [7, 11) is 1.85. The van der Waals surface area contributed by atoms with E-state index in [1.807, 2.05) is 20.0 Å². The first kappa shape index (κ1) is 18.0. The highest BCUT2D eigenvalue weighted by atomic mass is 32.1. The Morgan fingerprint density at radius 1 is 1.30 bits per heavy atom. The smallest absolute Gasteiger partial charge is 0.331 e. The van der Waals surface area contributed by atoms with Gasteiger partial charge in [0.25, 0.3) is 5.91 Å². The molecule has 1 amide bonds. The molecule has 142 valence electrons. The van der Waals surface area contributed by atoms with E-state index in [1.165, 1.54) is 23.5 Å². The topological polar surface area (TPSA) is 38.1 Å². The Morgan fingerprint density at radius 2 is 1.96 bits per heavy atom. The highest BCUT2D eigenvalue weighted by molar-refractivity contribution is 7.20. The first-order chi connectivity index (χ1) is 12.7. The van der Waals surface area contributed by atoms with E-state index in [2.05, 4.69) is 5.10 Å². The van der Waals surface area contributed by atoms with Gasteiger partial charge in [-0.05, 0) is 43.5 Å². The Morgan fingerprint density at radius 3 is 2.52 bits per heavy atom. The Hall–Kier alpha value is -2.35. The summed E-state index contributed by atoms with van der Waals surface area (Å²) >= 11 is 1.40. The van der Waals surface area contributed by atoms with Crippen LogP contribution in [-0.2, 0) is 19.8 Å². The molecular weight excluding hydrogens is 375 g/mol. The predicted molar refractivity (Wildman–Crippen MR) is 97.7 cm³/mol. The van der Waals surface area contributed by atoms with E-state index in [4.69, 9.17) is 0 Å². The van der Waals surface area contributed by atoms with Crippen molar-refractivity contribution in [3.05, 3.63) is 52.0 Å². The van der Waals surface area contributed by atoms with Gasteiger partial charge in [0.2, 0.25) is 0 Å². The number of hydrogen-bond acceptors (Lipinski definition) is 3. The molecule has 1 aliphatic carbocycles. The van der Waals surface area contributed by atoms with E-state index in [-0.39, 0.29) is 11.9 Å². The van der Waals surface area contributed by atoms with Crippen LogP contribution in [-0.4, -0.2) is 26.6 Å². The Labute approximate surface area is 158 Å². The molecular formula is C19H18F3N3OS. The number of carbonyl (C=O) groups excluding carboxylic acids is 1. The molecule has 3 aromatic rings. The summed E-state index contributed by atoms with van der Waals surface area (Å²) in [4.78, 5) is 16.4. The summed E-state index contributed by atoms with van der Waals surface area (Å²) < 4.78 is 40.0. The third-order valence-electron chi connectivity index (χ3n) is 4.79. The first-order valence-electron chi connectivity index (χ1n) is 8.64. The number of fused-ring (bicyclic) bond motifs is 1. The van der Waals surface area contributed by atoms with Crippen molar-refractivity contribution in [2.45, 2.75) is 38.5 Å². The standard InChI is InChI=1S/C19H18F3N3OS/c1-11-15-9-16(27-18(15)24(2)23-11)17(26)25(14-7-8-14)10-12-3-5-13(6-4-12)19(20,21)22/h3-6,9,14H,7-8,10H2,1-2H3. The second-order valence-electron chi connectivity index (χ2n) is 6.90. The number of rotatable bonds is 4. The molecule has 0 unspecified atom stereocenters. The number of amides is 1. The third kappa shape index (κ3) is 3.45. The van der Waals surface area contributed by atoms with Gasteiger partial charge in [-0.25, -0.2) is 0 Å². The van der Waals surface area contributed by atoms with Crippen LogP contribution in [0.5, 0.6) is 0 Å². The van der Waals surface area contributed by atoms with Gasteiger partial charge < -0.3 is 4.90 Å². The van der Waals surface area contributed by atoms with Gasteiger partial charge >= 0.3 is 6.18 Å². The monoisotopic (exact) mass is 393 g/mol. The SMILES string of the molecule is Cc1nn(C)c2sc(C(=O)N(Cc3ccc(C(F)(F)F)cc3)C3CC3)cc12. The van der Waals surface area contributed by atoms with Gasteiger partial charge in [-0.2, -0.15) is 18.3 Å². The molecule has 1 saturated carbocycles. The average molecular weight is 393 g/mol. The van der Waals surface area contributed by atoms with E-state index < -0.39 is 11.7 Å². The van der Waals surface area contributed by atoms with Crippen LogP contribution in [0.25, 0.3) is 10.2 Å². The van der Waals surface area contributed by atoms with Gasteiger partial charge in [-0.15, -0.1) is 11.3 Å². The molecule has 27 heavy (non-hydrogen) atoms. The molecule has 0 atom stereocenters. The van der Waals surface area contributed by atoms with Gasteiger partial charge in [-0.3, -0.25) is 9.48 Å². The van der Waals surface area contributed by atoms with Crippen molar-refractivity contribution < 1.29 is 18.0 Å². The molecule has 0 spiro atoms. The van der Waals surface area contributed by atoms with Crippen LogP contribution in [0.15, 0.2) is 30.3 Å². The van der Waals surface area contributed by atoms with Crippen LogP contribution in [0.4, 0.5) is 13.2 Å². The van der Waals surface area contributed by atoms with Gasteiger partial charge in [0.05, 0.1) is 16.1 Å². The van der Waals surface area contributed by atoms with Gasteiger partial charge in [0.1, 0.15) is 4.83 Å². The maximum absolute atomic E-state index is 13.1. The summed E-state index contributed by atoms with van der Waals surface area (Å²) in [6.45, 7) is 2.22. The van der Waals surface area contributed by atoms with E-state index in [1.54, 1.807) is 9.58 Å². The molecule has 0 radical (unpaired) electrons. The number of aromatic nitrogens is 2. The summed E-state index contributed by atoms with van der Waals surface area (Å²) in [5.41, 5.74) is 0.897. The first-order valence-corrected chi connectivity index (χ1v) is 9.46. The minimum atomic E-state index is -4.35. The summed E-state index contributed by atoms with van der Waals surface area (Å²) in [5, 5.41) is 5.32. The van der Waals surface area contributed by atoms with E-state index >= 15 is 0 Å². The molecule has 2 heterocycles. The second-order valence-corrected chi connectivity index (χ2v) is 7.93. The molecule has 0 saturated heterocycles. The van der Waals surface area contributed by atoms with E-state index in [0.29, 0.717) is 17.0 Å². The molecule has 0 N–H and O–H groups in total. The molecule has 1 fully saturated rings. The highest BCUT2D eigenvalue weighted by Gasteiger charge is 2.34. The average Bonchev–Trinajstić information content (AvgIpc) is 3.28. The summed E-state index contributed by atoms with van der Waals surface area (Å²) in [6, 6.07) is 7.06. The van der Waals surface area contributed by atoms with Gasteiger partial charge in [-0.1, -0.05) is 12.1 Å². The number of carbonyl (C=O) groups is 1. The molecule has 8 heteroatoms. The molecule has 4 rings (SSSR count). The minimum absolute atomic E-state index is 0.0713. The zero-order valence-electron chi connectivity index (χ0n) is 14.9. The van der Waals surface area contributed by atoms with Crippen molar-refractivity contribution in [3.63, 3.8) is 0 Å². The maximum Gasteiger partial charge on any atom is 0.416 e. The van der Waals surface area contributed by atoms with Crippen LogP contribution < -0.4 is 0 Å². The summed E-state index contributed by atoms with van der Waals surface area (Å²) in [5.74, 6) is -0.0713. The minimum Gasteiger partial charge on any atom is -0.331 e. The number of benzene rings is 1. The quantitative estimate of drug-likeness (QED) is 0.641. The fraction of sp³-hybridized carbons (Fsp3) is 0.368. The zero-order valence-corrected chi connectivity index (χ0v) is 15.7. The van der Waals surface area contributed by atoms with Gasteiger partial charge in [0.15, 0.2) is 0 Å². The molecule has 2 aromatic heterocycles. The normalized spacial score (nSPS) is 14.7. The fourth-order valence-corrected chi connectivity index (χ4v) is 4.28. The molecule has 4 nitrogen and oxygen atoms in total. The van der Waals surface area contributed by atoms with Crippen LogP contribution >= 0.6 is 11.3 Å². The van der Waals surface area contributed by atoms with Crippen LogP contribution in [0.3, 0.4) is 0 Å². The lowest BCUT2D eigenvalue weighted by Crippen LogP contribution is -2.32. The Bertz CT molecular complexity index is 965. The molecule has 0 aliphatic heterocycles. The second kappa shape index (κ2) is 6.37. The van der Waals surface area contributed by atoms with Crippen molar-refractivity contribution in [3.8, 4) is 0 Å². The number of aryl methyl sites for hydroxylation is 2. The zero-order chi connectivity index (χ0) is 19.3. The number of alkyl halides is 3. The Kier molecular flexibility index (Phi) is 4.25. The molecule has 0 bridgehead atoms. The van der Waals surface area contributed by atoms with E-state index in [9.17, 15) is 18.0 Å². The third-order valence-corrected chi connectivity index (χ3v) is 5.98. The molecule has 1 aliphatic rings. The highest BCUT2D eigenvalue weighted by Crippen LogP contribution is 2.34. The molecule has 1 aromatic carbocycles. The van der Waals surface area contributed by atoms with Crippen LogP contribution in [0.1, 0.15) is 39.3 Å². The van der Waals surface area contributed by atoms with E-state index in [0.717, 1.165) is 40.9 Å². The predicted octanol–water partition coefficient (Wildman–Crippen LogP) is 4.77. The summed E-state index contributed by atoms with van der Waals surface area (Å²) in [6.07, 6.45) is -2.50. The van der Waals surface area contributed by atoms with Crippen LogP contribution in [0, 0.1) is 6.92 Å². The maximum atomic E-state index is 13.1. The Balaban J connectivity index is 1.58. The fourth-order valence-electron chi connectivity index (χ4n) is 3.20. The van der Waals surface area contributed by atoms with Crippen LogP contribution in [0.2, 0.25) is 0 Å². The lowest BCUT2D eigenvalue weighted by atomic mass is 10.1. The number of nitrogens with zero attached hydrogens (tertiary/aromatic N) is 3.